The number of aryl methyl sites for hydroxylation is 2. The van der Waals surface area contributed by atoms with Crippen molar-refractivity contribution < 1.29 is 19.0 Å². The van der Waals surface area contributed by atoms with Gasteiger partial charge in [-0.25, -0.2) is 9.18 Å². The van der Waals surface area contributed by atoms with Crippen LogP contribution in [0.15, 0.2) is 48.6 Å². The molecular weight excluding hydrogens is 331 g/mol. The predicted octanol–water partition coefficient (Wildman–Crippen LogP) is 4.39. The van der Waals surface area contributed by atoms with E-state index in [-0.39, 0.29) is 19.0 Å². The smallest absolute Gasteiger partial charge is 0.333 e. The zero-order chi connectivity index (χ0) is 19.1. The Kier molecular flexibility index (Phi) is 7.10. The fourth-order valence-corrected chi connectivity index (χ4v) is 2.77. The number of carbonyl (C=O) groups excluding carboxylic acids is 1. The number of rotatable bonds is 8. The van der Waals surface area contributed by atoms with Crippen molar-refractivity contribution in [3.05, 3.63) is 71.1 Å². The Morgan fingerprint density at radius 2 is 1.92 bits per heavy atom. The maximum absolute atomic E-state index is 14.3. The highest BCUT2D eigenvalue weighted by atomic mass is 19.1. The van der Waals surface area contributed by atoms with Gasteiger partial charge in [-0.15, -0.1) is 0 Å². The number of halogens is 1. The first-order valence-corrected chi connectivity index (χ1v) is 8.74. The molecule has 1 N–H and O–H groups in total. The van der Waals surface area contributed by atoms with Gasteiger partial charge in [0.2, 0.25) is 0 Å². The first-order chi connectivity index (χ1) is 12.4. The third kappa shape index (κ3) is 5.27. The van der Waals surface area contributed by atoms with E-state index in [1.54, 1.807) is 13.0 Å². The van der Waals surface area contributed by atoms with E-state index in [0.29, 0.717) is 24.0 Å². The molecule has 0 aliphatic heterocycles. The van der Waals surface area contributed by atoms with Gasteiger partial charge in [0, 0.05) is 24.2 Å². The van der Waals surface area contributed by atoms with Crippen molar-refractivity contribution in [2.45, 2.75) is 33.1 Å². The normalized spacial score (nSPS) is 10.6. The number of carbonyl (C=O) groups is 1. The fourth-order valence-electron chi connectivity index (χ4n) is 2.77. The van der Waals surface area contributed by atoms with Crippen molar-refractivity contribution in [3.8, 4) is 11.1 Å². The molecule has 0 amide bonds. The van der Waals surface area contributed by atoms with Crippen LogP contribution in [-0.4, -0.2) is 24.3 Å². The number of benzene rings is 2. The first-order valence-electron chi connectivity index (χ1n) is 8.74. The molecule has 2 aromatic carbocycles. The quantitative estimate of drug-likeness (QED) is 0.564. The van der Waals surface area contributed by atoms with Crippen LogP contribution >= 0.6 is 0 Å². The molecule has 2 aromatic rings. The summed E-state index contributed by atoms with van der Waals surface area (Å²) in [6, 6.07) is 11.0. The highest BCUT2D eigenvalue weighted by Crippen LogP contribution is 2.27. The predicted molar refractivity (Wildman–Crippen MR) is 101 cm³/mol. The van der Waals surface area contributed by atoms with Crippen LogP contribution in [0.25, 0.3) is 11.1 Å². The van der Waals surface area contributed by atoms with E-state index in [9.17, 15) is 9.18 Å². The summed E-state index contributed by atoms with van der Waals surface area (Å²) >= 11 is 0. The molecule has 138 valence electrons. The molecule has 3 nitrogen and oxygen atoms in total. The lowest BCUT2D eigenvalue weighted by molar-refractivity contribution is -0.138. The summed E-state index contributed by atoms with van der Waals surface area (Å²) in [5.74, 6) is -0.671. The maximum atomic E-state index is 14.3. The molecule has 0 radical (unpaired) electrons. The summed E-state index contributed by atoms with van der Waals surface area (Å²) in [6.45, 7) is 7.37. The van der Waals surface area contributed by atoms with E-state index in [1.165, 1.54) is 6.07 Å². The molecule has 0 spiro atoms. The van der Waals surface area contributed by atoms with Gasteiger partial charge in [0.1, 0.15) is 5.82 Å². The summed E-state index contributed by atoms with van der Waals surface area (Å²) in [7, 11) is 0. The van der Waals surface area contributed by atoms with Crippen molar-refractivity contribution >= 4 is 5.97 Å². The third-order valence-electron chi connectivity index (χ3n) is 4.20. The first kappa shape index (κ1) is 19.9. The number of aliphatic hydroxyl groups excluding tert-OH is 1. The van der Waals surface area contributed by atoms with Gasteiger partial charge in [0.15, 0.2) is 0 Å². The Balaban J connectivity index is 2.26. The zero-order valence-electron chi connectivity index (χ0n) is 15.3. The van der Waals surface area contributed by atoms with Crippen LogP contribution in [0.4, 0.5) is 4.39 Å². The van der Waals surface area contributed by atoms with Crippen LogP contribution < -0.4 is 0 Å². The van der Waals surface area contributed by atoms with Gasteiger partial charge in [-0.3, -0.25) is 0 Å². The van der Waals surface area contributed by atoms with Gasteiger partial charge >= 0.3 is 5.97 Å². The molecular formula is C22H25FO3. The Morgan fingerprint density at radius 3 is 2.58 bits per heavy atom. The summed E-state index contributed by atoms with van der Waals surface area (Å²) in [4.78, 5) is 11.6. The van der Waals surface area contributed by atoms with Crippen LogP contribution in [0.5, 0.6) is 0 Å². The topological polar surface area (TPSA) is 46.5 Å². The fraction of sp³-hybridized carbons (Fsp3) is 0.318. The molecule has 0 unspecified atom stereocenters. The molecule has 0 atom stereocenters. The average Bonchev–Trinajstić information content (AvgIpc) is 2.60. The minimum Gasteiger partial charge on any atom is -0.462 e. The molecule has 0 aromatic heterocycles. The van der Waals surface area contributed by atoms with E-state index >= 15 is 0 Å². The standard InChI is InChI=1S/C22H25FO3/c1-15(2)22(25)26-12-10-18-14-19(8-7-17(18)5-4-11-24)20-9-6-16(3)13-21(20)23/h6-9,13-14,24H,1,4-5,10-12H2,2-3H3. The lowest BCUT2D eigenvalue weighted by Gasteiger charge is -2.13. The SMILES string of the molecule is C=C(C)C(=O)OCCc1cc(-c2ccc(C)cc2F)ccc1CCCO. The minimum atomic E-state index is -0.414. The lowest BCUT2D eigenvalue weighted by Crippen LogP contribution is -2.09. The van der Waals surface area contributed by atoms with E-state index in [4.69, 9.17) is 9.84 Å². The van der Waals surface area contributed by atoms with Gasteiger partial charge in [-0.2, -0.15) is 0 Å². The van der Waals surface area contributed by atoms with E-state index in [1.807, 2.05) is 31.2 Å². The molecule has 0 saturated heterocycles. The van der Waals surface area contributed by atoms with Crippen molar-refractivity contribution in [2.75, 3.05) is 13.2 Å². The monoisotopic (exact) mass is 356 g/mol. The second kappa shape index (κ2) is 9.30. The van der Waals surface area contributed by atoms with Gasteiger partial charge in [-0.05, 0) is 55.0 Å². The van der Waals surface area contributed by atoms with Crippen LogP contribution in [0.2, 0.25) is 0 Å². The van der Waals surface area contributed by atoms with E-state index in [2.05, 4.69) is 6.58 Å². The number of hydrogen-bond donors (Lipinski definition) is 1. The van der Waals surface area contributed by atoms with Crippen LogP contribution in [0, 0.1) is 12.7 Å². The number of ether oxygens (including phenoxy) is 1. The van der Waals surface area contributed by atoms with Crippen molar-refractivity contribution in [1.82, 2.24) is 0 Å². The minimum absolute atomic E-state index is 0.110. The second-order valence-electron chi connectivity index (χ2n) is 6.46. The van der Waals surface area contributed by atoms with E-state index < -0.39 is 5.97 Å². The number of esters is 1. The largest absolute Gasteiger partial charge is 0.462 e. The third-order valence-corrected chi connectivity index (χ3v) is 4.20. The molecule has 0 aliphatic rings. The van der Waals surface area contributed by atoms with Crippen LogP contribution in [0.1, 0.15) is 30.0 Å². The maximum Gasteiger partial charge on any atom is 0.333 e. The Morgan fingerprint density at radius 1 is 1.15 bits per heavy atom. The molecule has 0 aliphatic carbocycles. The highest BCUT2D eigenvalue weighted by Gasteiger charge is 2.11. The Bertz CT molecular complexity index is 796. The number of aliphatic hydroxyl groups is 1. The average molecular weight is 356 g/mol. The van der Waals surface area contributed by atoms with E-state index in [0.717, 1.165) is 28.7 Å². The van der Waals surface area contributed by atoms with Crippen molar-refractivity contribution in [3.63, 3.8) is 0 Å². The Labute approximate surface area is 154 Å². The van der Waals surface area contributed by atoms with Crippen LogP contribution in [-0.2, 0) is 22.4 Å². The summed E-state index contributed by atoms with van der Waals surface area (Å²) < 4.78 is 19.5. The summed E-state index contributed by atoms with van der Waals surface area (Å²) in [6.07, 6.45) is 1.90. The molecule has 4 heteroatoms. The molecule has 0 fully saturated rings. The van der Waals surface area contributed by atoms with Crippen molar-refractivity contribution in [2.24, 2.45) is 0 Å². The zero-order valence-corrected chi connectivity index (χ0v) is 15.3. The van der Waals surface area contributed by atoms with Gasteiger partial charge in [0.05, 0.1) is 6.61 Å². The van der Waals surface area contributed by atoms with Gasteiger partial charge in [-0.1, -0.05) is 36.9 Å². The van der Waals surface area contributed by atoms with Crippen molar-refractivity contribution in [1.29, 1.82) is 0 Å². The Hall–Kier alpha value is -2.46. The molecule has 2 rings (SSSR count). The summed E-state index contributed by atoms with van der Waals surface area (Å²) in [5, 5.41) is 9.09. The highest BCUT2D eigenvalue weighted by molar-refractivity contribution is 5.86. The molecule has 0 bridgehead atoms. The molecule has 0 heterocycles. The van der Waals surface area contributed by atoms with Gasteiger partial charge in [0.25, 0.3) is 0 Å². The second-order valence-corrected chi connectivity index (χ2v) is 6.46. The van der Waals surface area contributed by atoms with Crippen LogP contribution in [0.3, 0.4) is 0 Å². The molecule has 26 heavy (non-hydrogen) atoms. The summed E-state index contributed by atoms with van der Waals surface area (Å²) in [5.41, 5.74) is 4.63. The number of hydrogen-bond acceptors (Lipinski definition) is 3. The molecule has 0 saturated carbocycles. The lowest BCUT2D eigenvalue weighted by atomic mass is 9.94. The van der Waals surface area contributed by atoms with Gasteiger partial charge < -0.3 is 9.84 Å².